The highest BCUT2D eigenvalue weighted by atomic mass is 35.5. The van der Waals surface area contributed by atoms with Crippen LogP contribution < -0.4 is 0 Å². The van der Waals surface area contributed by atoms with Gasteiger partial charge in [-0.2, -0.15) is 0 Å². The lowest BCUT2D eigenvalue weighted by Gasteiger charge is -2.03. The molecule has 135 valence electrons. The van der Waals surface area contributed by atoms with Crippen LogP contribution in [-0.2, 0) is 0 Å². The van der Waals surface area contributed by atoms with Crippen LogP contribution in [0.2, 0.25) is 0 Å². The molecule has 0 aliphatic carbocycles. The predicted molar refractivity (Wildman–Crippen MR) is 109 cm³/mol. The highest BCUT2D eigenvalue weighted by Crippen LogP contribution is 2.18. The van der Waals surface area contributed by atoms with E-state index in [4.69, 9.17) is 0 Å². The molecule has 2 heteroatoms. The Morgan fingerprint density at radius 2 is 0.682 bits per heavy atom. The average molecular weight is 350 g/mol. The Balaban J connectivity index is 0. The van der Waals surface area contributed by atoms with E-state index in [9.17, 15) is 0 Å². The maximum atomic E-state index is 2.30. The van der Waals surface area contributed by atoms with E-state index in [1.807, 2.05) is 0 Å². The molecule has 0 aromatic carbocycles. The van der Waals surface area contributed by atoms with Crippen molar-refractivity contribution in [2.75, 3.05) is 12.3 Å². The third-order valence-electron chi connectivity index (χ3n) is 4.34. The van der Waals surface area contributed by atoms with Crippen LogP contribution in [0.3, 0.4) is 0 Å². The van der Waals surface area contributed by atoms with Gasteiger partial charge in [0.05, 0.1) is 0 Å². The summed E-state index contributed by atoms with van der Waals surface area (Å²) in [4.78, 5) is 0. The number of halogens is 1. The number of hydrogen-bond acceptors (Lipinski definition) is 0. The van der Waals surface area contributed by atoms with Gasteiger partial charge in [-0.05, 0) is 25.2 Å². The van der Waals surface area contributed by atoms with Gasteiger partial charge >= 0.3 is 0 Å². The van der Waals surface area contributed by atoms with Crippen molar-refractivity contribution in [2.45, 2.75) is 117 Å². The molecule has 0 N–H and O–H groups in total. The second kappa shape index (κ2) is 24.0. The SMILES string of the molecule is CCCCCCCCCC[P]CCCCCCCCCC.Cl. The van der Waals surface area contributed by atoms with Gasteiger partial charge in [0.1, 0.15) is 0 Å². The minimum atomic E-state index is 0. The third-order valence-corrected chi connectivity index (χ3v) is 5.60. The Bertz CT molecular complexity index is 155. The first kappa shape index (κ1) is 25.0. The highest BCUT2D eigenvalue weighted by Gasteiger charge is 1.94. The van der Waals surface area contributed by atoms with E-state index in [-0.39, 0.29) is 12.4 Å². The van der Waals surface area contributed by atoms with Crippen LogP contribution in [0.1, 0.15) is 117 Å². The zero-order valence-electron chi connectivity index (χ0n) is 15.6. The second-order valence-corrected chi connectivity index (χ2v) is 7.96. The monoisotopic (exact) mass is 349 g/mol. The molecule has 0 bridgehead atoms. The van der Waals surface area contributed by atoms with Gasteiger partial charge in [-0.1, -0.05) is 112 Å². The smallest absolute Gasteiger partial charge is 0.0287 e. The summed E-state index contributed by atoms with van der Waals surface area (Å²) >= 11 is 0. The molecule has 0 aliphatic heterocycles. The van der Waals surface area contributed by atoms with Crippen LogP contribution in [0.15, 0.2) is 0 Å². The van der Waals surface area contributed by atoms with Gasteiger partial charge < -0.3 is 0 Å². The summed E-state index contributed by atoms with van der Waals surface area (Å²) in [5.41, 5.74) is 0. The largest absolute Gasteiger partial charge is 0.147 e. The van der Waals surface area contributed by atoms with E-state index < -0.39 is 0 Å². The number of hydrogen-bond donors (Lipinski definition) is 0. The molecular formula is C20H43ClP. The summed E-state index contributed by atoms with van der Waals surface area (Å²) in [6, 6.07) is 0. The molecule has 0 amide bonds. The summed E-state index contributed by atoms with van der Waals surface area (Å²) in [6.45, 7) is 4.59. The molecule has 0 aliphatic rings. The first-order valence-corrected chi connectivity index (χ1v) is 11.3. The molecular weight excluding hydrogens is 307 g/mol. The Morgan fingerprint density at radius 3 is 1.00 bits per heavy atom. The molecule has 0 aromatic rings. The quantitative estimate of drug-likeness (QED) is 0.171. The van der Waals surface area contributed by atoms with Crippen LogP contribution in [-0.4, -0.2) is 12.3 Å². The maximum absolute atomic E-state index is 2.30. The lowest BCUT2D eigenvalue weighted by molar-refractivity contribution is 0.584. The molecule has 0 saturated carbocycles. The standard InChI is InChI=1S/C20H42P.ClH/c1-3-5-7-9-11-13-15-17-19-21-20-18-16-14-12-10-8-6-4-2;/h3-20H2,1-2H3;1H. The van der Waals surface area contributed by atoms with E-state index in [1.54, 1.807) is 8.58 Å². The third kappa shape index (κ3) is 23.0. The second-order valence-electron chi connectivity index (χ2n) is 6.62. The van der Waals surface area contributed by atoms with Crippen molar-refractivity contribution >= 4 is 21.0 Å². The van der Waals surface area contributed by atoms with E-state index in [0.29, 0.717) is 0 Å². The normalized spacial score (nSPS) is 10.6. The zero-order chi connectivity index (χ0) is 15.4. The zero-order valence-corrected chi connectivity index (χ0v) is 17.3. The molecule has 0 nitrogen and oxygen atoms in total. The van der Waals surface area contributed by atoms with Crippen molar-refractivity contribution in [1.29, 1.82) is 0 Å². The van der Waals surface area contributed by atoms with Gasteiger partial charge in [-0.25, -0.2) is 0 Å². The number of unbranched alkanes of at least 4 members (excludes halogenated alkanes) is 14. The average Bonchev–Trinajstić information content (AvgIpc) is 2.50. The maximum Gasteiger partial charge on any atom is -0.0287 e. The van der Waals surface area contributed by atoms with Gasteiger partial charge in [-0.3, -0.25) is 0 Å². The Labute approximate surface area is 150 Å². The topological polar surface area (TPSA) is 0 Å². The Kier molecular flexibility index (Phi) is 27.2. The van der Waals surface area contributed by atoms with Gasteiger partial charge in [0.2, 0.25) is 0 Å². The summed E-state index contributed by atoms with van der Waals surface area (Å²) in [7, 11) is 1.73. The van der Waals surface area contributed by atoms with Crippen LogP contribution in [0, 0.1) is 0 Å². The van der Waals surface area contributed by atoms with Gasteiger partial charge in [-0.15, -0.1) is 12.4 Å². The van der Waals surface area contributed by atoms with E-state index >= 15 is 0 Å². The van der Waals surface area contributed by atoms with Crippen LogP contribution in [0.5, 0.6) is 0 Å². The Hall–Kier alpha value is 0.720. The first-order valence-electron chi connectivity index (χ1n) is 10.0. The van der Waals surface area contributed by atoms with Crippen LogP contribution in [0.25, 0.3) is 0 Å². The van der Waals surface area contributed by atoms with Crippen molar-refractivity contribution in [1.82, 2.24) is 0 Å². The minimum absolute atomic E-state index is 0. The molecule has 0 unspecified atom stereocenters. The fourth-order valence-corrected chi connectivity index (χ4v) is 3.94. The summed E-state index contributed by atoms with van der Waals surface area (Å²) in [5.74, 6) is 0. The molecule has 0 atom stereocenters. The van der Waals surface area contributed by atoms with Gasteiger partial charge in [0.15, 0.2) is 0 Å². The molecule has 0 aromatic heterocycles. The van der Waals surface area contributed by atoms with Crippen molar-refractivity contribution in [3.05, 3.63) is 0 Å². The van der Waals surface area contributed by atoms with Crippen molar-refractivity contribution in [3.63, 3.8) is 0 Å². The van der Waals surface area contributed by atoms with Gasteiger partial charge in [0, 0.05) is 0 Å². The number of rotatable bonds is 18. The van der Waals surface area contributed by atoms with E-state index in [2.05, 4.69) is 13.8 Å². The molecule has 0 saturated heterocycles. The van der Waals surface area contributed by atoms with Crippen molar-refractivity contribution in [3.8, 4) is 0 Å². The fourth-order valence-electron chi connectivity index (χ4n) is 2.83. The molecule has 0 heterocycles. The molecule has 0 fully saturated rings. The van der Waals surface area contributed by atoms with Crippen LogP contribution >= 0.6 is 21.0 Å². The molecule has 1 radical (unpaired) electrons. The first-order chi connectivity index (χ1) is 10.4. The summed E-state index contributed by atoms with van der Waals surface area (Å²) in [6.07, 6.45) is 26.3. The molecule has 0 spiro atoms. The van der Waals surface area contributed by atoms with Crippen molar-refractivity contribution < 1.29 is 0 Å². The summed E-state index contributed by atoms with van der Waals surface area (Å²) in [5, 5.41) is 0. The lowest BCUT2D eigenvalue weighted by atomic mass is 10.1. The van der Waals surface area contributed by atoms with Crippen molar-refractivity contribution in [2.24, 2.45) is 0 Å². The van der Waals surface area contributed by atoms with Gasteiger partial charge in [0.25, 0.3) is 0 Å². The summed E-state index contributed by atoms with van der Waals surface area (Å²) < 4.78 is 0. The molecule has 22 heavy (non-hydrogen) atoms. The Morgan fingerprint density at radius 1 is 0.409 bits per heavy atom. The fraction of sp³-hybridized carbons (Fsp3) is 1.00. The van der Waals surface area contributed by atoms with Crippen LogP contribution in [0.4, 0.5) is 0 Å². The predicted octanol–water partition coefficient (Wildman–Crippen LogP) is 8.64. The molecule has 0 rings (SSSR count). The lowest BCUT2D eigenvalue weighted by Crippen LogP contribution is -1.85. The highest BCUT2D eigenvalue weighted by molar-refractivity contribution is 7.37. The van der Waals surface area contributed by atoms with E-state index in [1.165, 1.54) is 115 Å². The minimum Gasteiger partial charge on any atom is -0.147 e. The van der Waals surface area contributed by atoms with E-state index in [0.717, 1.165) is 0 Å².